The summed E-state index contributed by atoms with van der Waals surface area (Å²) in [5, 5.41) is 2.80. The number of nitrogens with two attached hydrogens (primary N) is 1. The molecule has 15 heavy (non-hydrogen) atoms. The number of hydrogen-bond acceptors (Lipinski definition) is 3. The number of amides is 1. The van der Waals surface area contributed by atoms with Crippen molar-refractivity contribution in [1.82, 2.24) is 5.32 Å². The Morgan fingerprint density at radius 2 is 1.93 bits per heavy atom. The van der Waals surface area contributed by atoms with Crippen molar-refractivity contribution >= 4 is 16.7 Å². The first-order valence-corrected chi connectivity index (χ1v) is 7.03. The molecule has 4 nitrogen and oxygen atoms in total. The van der Waals surface area contributed by atoms with Gasteiger partial charge in [-0.25, -0.2) is 0 Å². The van der Waals surface area contributed by atoms with Crippen LogP contribution in [0.1, 0.15) is 26.7 Å². The zero-order chi connectivity index (χ0) is 11.9. The van der Waals surface area contributed by atoms with Gasteiger partial charge in [0.1, 0.15) is 0 Å². The molecule has 1 atom stereocenters. The lowest BCUT2D eigenvalue weighted by Crippen LogP contribution is -2.46. The van der Waals surface area contributed by atoms with Crippen molar-refractivity contribution in [3.8, 4) is 0 Å². The monoisotopic (exact) mass is 234 g/mol. The number of hydrogen-bond donors (Lipinski definition) is 2. The first-order valence-electron chi connectivity index (χ1n) is 5.30. The lowest BCUT2D eigenvalue weighted by molar-refractivity contribution is -0.130. The van der Waals surface area contributed by atoms with Crippen LogP contribution in [0, 0.1) is 5.41 Å². The van der Waals surface area contributed by atoms with Gasteiger partial charge in [-0.1, -0.05) is 13.8 Å². The second kappa shape index (κ2) is 6.95. The van der Waals surface area contributed by atoms with Crippen LogP contribution >= 0.6 is 0 Å². The van der Waals surface area contributed by atoms with Gasteiger partial charge in [0.25, 0.3) is 0 Å². The third-order valence-corrected chi connectivity index (χ3v) is 3.68. The van der Waals surface area contributed by atoms with Crippen LogP contribution in [-0.4, -0.2) is 35.2 Å². The van der Waals surface area contributed by atoms with Gasteiger partial charge in [-0.05, 0) is 12.8 Å². The van der Waals surface area contributed by atoms with Crippen molar-refractivity contribution in [3.05, 3.63) is 0 Å². The maximum absolute atomic E-state index is 11.8. The average molecular weight is 234 g/mol. The molecule has 0 fully saturated rings. The summed E-state index contributed by atoms with van der Waals surface area (Å²) in [5.41, 5.74) is 5.19. The molecule has 0 aromatic heterocycles. The highest BCUT2D eigenvalue weighted by Crippen LogP contribution is 2.24. The van der Waals surface area contributed by atoms with Gasteiger partial charge in [-0.15, -0.1) is 0 Å². The standard InChI is InChI=1S/C10H22N2O2S/c1-4-10(5-2,8-11)9(13)12-6-7-15(3)14/h4-8,11H2,1-3H3,(H,12,13). The molecular formula is C10H22N2O2S. The summed E-state index contributed by atoms with van der Waals surface area (Å²) >= 11 is 0. The van der Waals surface area contributed by atoms with E-state index in [1.165, 1.54) is 0 Å². The lowest BCUT2D eigenvalue weighted by Gasteiger charge is -2.28. The van der Waals surface area contributed by atoms with Crippen molar-refractivity contribution in [2.45, 2.75) is 26.7 Å². The largest absolute Gasteiger partial charge is 0.355 e. The van der Waals surface area contributed by atoms with Crippen molar-refractivity contribution < 1.29 is 9.00 Å². The van der Waals surface area contributed by atoms with E-state index in [-0.39, 0.29) is 5.91 Å². The van der Waals surface area contributed by atoms with Crippen LogP contribution in [0.3, 0.4) is 0 Å². The number of rotatable bonds is 7. The predicted octanol–water partition coefficient (Wildman–Crippen LogP) is 0.246. The Kier molecular flexibility index (Phi) is 6.76. The van der Waals surface area contributed by atoms with E-state index in [0.29, 0.717) is 18.8 Å². The Hall–Kier alpha value is -0.420. The summed E-state index contributed by atoms with van der Waals surface area (Å²) in [6, 6.07) is 0. The van der Waals surface area contributed by atoms with E-state index in [2.05, 4.69) is 5.32 Å². The Morgan fingerprint density at radius 1 is 1.40 bits per heavy atom. The number of carbonyl (C=O) groups excluding carboxylic acids is 1. The van der Waals surface area contributed by atoms with Gasteiger partial charge in [0, 0.05) is 35.9 Å². The van der Waals surface area contributed by atoms with E-state index in [4.69, 9.17) is 5.73 Å². The molecule has 0 aromatic carbocycles. The Balaban J connectivity index is 4.21. The van der Waals surface area contributed by atoms with Gasteiger partial charge < -0.3 is 11.1 Å². The van der Waals surface area contributed by atoms with Gasteiger partial charge in [0.15, 0.2) is 0 Å². The Bertz CT molecular complexity index is 219. The first kappa shape index (κ1) is 14.6. The molecule has 0 aliphatic carbocycles. The second-order valence-corrected chi connectivity index (χ2v) is 5.28. The summed E-state index contributed by atoms with van der Waals surface area (Å²) in [6.07, 6.45) is 3.10. The number of carbonyl (C=O) groups is 1. The predicted molar refractivity (Wildman–Crippen MR) is 64.0 cm³/mol. The van der Waals surface area contributed by atoms with Crippen LogP contribution in [-0.2, 0) is 15.6 Å². The molecule has 0 heterocycles. The molecule has 0 saturated carbocycles. The highest BCUT2D eigenvalue weighted by molar-refractivity contribution is 7.84. The molecule has 90 valence electrons. The average Bonchev–Trinajstić information content (AvgIpc) is 2.21. The summed E-state index contributed by atoms with van der Waals surface area (Å²) < 4.78 is 10.8. The zero-order valence-electron chi connectivity index (χ0n) is 9.84. The quantitative estimate of drug-likeness (QED) is 0.663. The molecular weight excluding hydrogens is 212 g/mol. The number of nitrogens with one attached hydrogen (secondary N) is 1. The van der Waals surface area contributed by atoms with Crippen LogP contribution in [0.5, 0.6) is 0 Å². The van der Waals surface area contributed by atoms with Gasteiger partial charge in [0.05, 0.1) is 5.41 Å². The van der Waals surface area contributed by atoms with E-state index < -0.39 is 16.2 Å². The molecule has 0 radical (unpaired) electrons. The van der Waals surface area contributed by atoms with E-state index in [1.54, 1.807) is 6.26 Å². The zero-order valence-corrected chi connectivity index (χ0v) is 10.7. The fourth-order valence-electron chi connectivity index (χ4n) is 1.45. The van der Waals surface area contributed by atoms with Gasteiger partial charge in [0.2, 0.25) is 5.91 Å². The minimum absolute atomic E-state index is 0.0135. The molecule has 0 rings (SSSR count). The molecule has 3 N–H and O–H groups in total. The van der Waals surface area contributed by atoms with Crippen LogP contribution in [0.4, 0.5) is 0 Å². The van der Waals surface area contributed by atoms with Crippen LogP contribution < -0.4 is 11.1 Å². The van der Waals surface area contributed by atoms with Gasteiger partial charge in [-0.2, -0.15) is 0 Å². The van der Waals surface area contributed by atoms with E-state index in [0.717, 1.165) is 12.8 Å². The third kappa shape index (κ3) is 4.30. The summed E-state index contributed by atoms with van der Waals surface area (Å²) in [5.74, 6) is 0.486. The molecule has 0 aliphatic rings. The van der Waals surface area contributed by atoms with Crippen molar-refractivity contribution in [2.75, 3.05) is 25.1 Å². The summed E-state index contributed by atoms with van der Waals surface area (Å²) in [6.45, 7) is 4.76. The van der Waals surface area contributed by atoms with Gasteiger partial charge in [-0.3, -0.25) is 9.00 Å². The second-order valence-electron chi connectivity index (χ2n) is 3.72. The fraction of sp³-hybridized carbons (Fsp3) is 0.900. The molecule has 0 spiro atoms. The summed E-state index contributed by atoms with van der Waals surface area (Å²) in [7, 11) is -0.861. The van der Waals surface area contributed by atoms with Crippen molar-refractivity contribution in [2.24, 2.45) is 11.1 Å². The van der Waals surface area contributed by atoms with Crippen molar-refractivity contribution in [3.63, 3.8) is 0 Å². The molecule has 0 aromatic rings. The van der Waals surface area contributed by atoms with Crippen LogP contribution in [0.2, 0.25) is 0 Å². The highest BCUT2D eigenvalue weighted by Gasteiger charge is 2.32. The summed E-state index contributed by atoms with van der Waals surface area (Å²) in [4.78, 5) is 11.8. The Labute approximate surface area is 94.4 Å². The minimum Gasteiger partial charge on any atom is -0.355 e. The molecule has 5 heteroatoms. The van der Waals surface area contributed by atoms with E-state index in [9.17, 15) is 9.00 Å². The van der Waals surface area contributed by atoms with Crippen LogP contribution in [0.25, 0.3) is 0 Å². The molecule has 0 saturated heterocycles. The first-order chi connectivity index (χ1) is 7.02. The minimum atomic E-state index is -0.861. The smallest absolute Gasteiger partial charge is 0.227 e. The van der Waals surface area contributed by atoms with E-state index in [1.807, 2.05) is 13.8 Å². The van der Waals surface area contributed by atoms with Gasteiger partial charge >= 0.3 is 0 Å². The molecule has 1 amide bonds. The fourth-order valence-corrected chi connectivity index (χ4v) is 1.84. The molecule has 0 bridgehead atoms. The van der Waals surface area contributed by atoms with E-state index >= 15 is 0 Å². The maximum Gasteiger partial charge on any atom is 0.227 e. The SMILES string of the molecule is CCC(CC)(CN)C(=O)NCCS(C)=O. The van der Waals surface area contributed by atoms with Crippen molar-refractivity contribution in [1.29, 1.82) is 0 Å². The Morgan fingerprint density at radius 3 is 2.27 bits per heavy atom. The lowest BCUT2D eigenvalue weighted by atomic mass is 9.81. The normalized spacial score (nSPS) is 13.6. The third-order valence-electron chi connectivity index (χ3n) is 2.90. The maximum atomic E-state index is 11.8. The van der Waals surface area contributed by atoms with Crippen LogP contribution in [0.15, 0.2) is 0 Å². The topological polar surface area (TPSA) is 72.2 Å². The molecule has 0 aliphatic heterocycles. The molecule has 1 unspecified atom stereocenters. The highest BCUT2D eigenvalue weighted by atomic mass is 32.2.